The second-order valence-electron chi connectivity index (χ2n) is 4.05. The third-order valence-corrected chi connectivity index (χ3v) is 2.35. The van der Waals surface area contributed by atoms with Crippen molar-refractivity contribution in [3.8, 4) is 0 Å². The molecule has 0 saturated heterocycles. The van der Waals surface area contributed by atoms with Crippen LogP contribution in [-0.2, 0) is 9.53 Å². The van der Waals surface area contributed by atoms with E-state index in [1.807, 2.05) is 6.92 Å². The highest BCUT2D eigenvalue weighted by Gasteiger charge is 2.18. The molecule has 0 heterocycles. The van der Waals surface area contributed by atoms with Crippen molar-refractivity contribution in [2.45, 2.75) is 45.6 Å². The number of rotatable bonds is 10. The standard InChI is InChI=1S/C12H24N2O4/c1-3-5-8-18-9-7-13-12(17)14-10(6-4-2)11(15)16/h10H,3-9H2,1-2H3,(H,15,16)(H2,13,14,17)/t10-/m0/s1. The second kappa shape index (κ2) is 10.8. The number of ether oxygens (including phenoxy) is 1. The molecule has 1 atom stereocenters. The summed E-state index contributed by atoms with van der Waals surface area (Å²) >= 11 is 0. The van der Waals surface area contributed by atoms with Gasteiger partial charge in [0.05, 0.1) is 6.61 Å². The fourth-order valence-electron chi connectivity index (χ4n) is 1.34. The third-order valence-electron chi connectivity index (χ3n) is 2.35. The molecule has 18 heavy (non-hydrogen) atoms. The van der Waals surface area contributed by atoms with E-state index in [2.05, 4.69) is 17.6 Å². The lowest BCUT2D eigenvalue weighted by Crippen LogP contribution is -2.46. The van der Waals surface area contributed by atoms with E-state index >= 15 is 0 Å². The zero-order chi connectivity index (χ0) is 13.8. The Morgan fingerprint density at radius 3 is 2.50 bits per heavy atom. The molecule has 106 valence electrons. The zero-order valence-electron chi connectivity index (χ0n) is 11.2. The number of unbranched alkanes of at least 4 members (excludes halogenated alkanes) is 1. The van der Waals surface area contributed by atoms with Gasteiger partial charge in [-0.25, -0.2) is 9.59 Å². The summed E-state index contributed by atoms with van der Waals surface area (Å²) in [7, 11) is 0. The highest BCUT2D eigenvalue weighted by Crippen LogP contribution is 1.96. The number of carboxylic acids is 1. The van der Waals surface area contributed by atoms with Gasteiger partial charge in [0.25, 0.3) is 0 Å². The molecule has 0 rings (SSSR count). The molecule has 0 aliphatic carbocycles. The number of urea groups is 1. The van der Waals surface area contributed by atoms with Crippen LogP contribution in [0.5, 0.6) is 0 Å². The molecule has 0 radical (unpaired) electrons. The molecule has 0 saturated carbocycles. The third kappa shape index (κ3) is 8.81. The van der Waals surface area contributed by atoms with E-state index in [-0.39, 0.29) is 0 Å². The topological polar surface area (TPSA) is 87.7 Å². The molecule has 0 aromatic carbocycles. The lowest BCUT2D eigenvalue weighted by molar-refractivity contribution is -0.139. The molecule has 0 aliphatic heterocycles. The van der Waals surface area contributed by atoms with Crippen LogP contribution in [0.1, 0.15) is 39.5 Å². The SMILES string of the molecule is CCCCOCCNC(=O)N[C@@H](CCC)C(=O)O. The van der Waals surface area contributed by atoms with Gasteiger partial charge < -0.3 is 20.5 Å². The fraction of sp³-hybridized carbons (Fsp3) is 0.833. The Kier molecular flexibility index (Phi) is 10.0. The highest BCUT2D eigenvalue weighted by molar-refractivity contribution is 5.82. The summed E-state index contributed by atoms with van der Waals surface area (Å²) in [5, 5.41) is 13.8. The molecule has 0 fully saturated rings. The van der Waals surface area contributed by atoms with Crippen molar-refractivity contribution in [2.24, 2.45) is 0 Å². The van der Waals surface area contributed by atoms with E-state index < -0.39 is 18.0 Å². The molecule has 0 unspecified atom stereocenters. The first-order valence-corrected chi connectivity index (χ1v) is 6.46. The van der Waals surface area contributed by atoms with E-state index in [0.29, 0.717) is 32.6 Å². The van der Waals surface area contributed by atoms with Gasteiger partial charge >= 0.3 is 12.0 Å². The maximum absolute atomic E-state index is 11.4. The molecule has 3 N–H and O–H groups in total. The average molecular weight is 260 g/mol. The molecule has 2 amide bonds. The van der Waals surface area contributed by atoms with Crippen LogP contribution in [0.25, 0.3) is 0 Å². The van der Waals surface area contributed by atoms with Crippen LogP contribution in [0.3, 0.4) is 0 Å². The van der Waals surface area contributed by atoms with Crippen molar-refractivity contribution in [3.63, 3.8) is 0 Å². The van der Waals surface area contributed by atoms with Gasteiger partial charge in [-0.2, -0.15) is 0 Å². The summed E-state index contributed by atoms with van der Waals surface area (Å²) in [6.45, 7) is 5.46. The average Bonchev–Trinajstić information content (AvgIpc) is 2.33. The summed E-state index contributed by atoms with van der Waals surface area (Å²) in [6, 6.07) is -1.29. The number of amides is 2. The van der Waals surface area contributed by atoms with Crippen LogP contribution in [-0.4, -0.2) is 42.9 Å². The summed E-state index contributed by atoms with van der Waals surface area (Å²) < 4.78 is 5.27. The molecule has 6 nitrogen and oxygen atoms in total. The van der Waals surface area contributed by atoms with Crippen molar-refractivity contribution in [3.05, 3.63) is 0 Å². The first-order valence-electron chi connectivity index (χ1n) is 6.46. The predicted molar refractivity (Wildman–Crippen MR) is 68.6 cm³/mol. The minimum absolute atomic E-state index is 0.383. The van der Waals surface area contributed by atoms with Gasteiger partial charge in [0.2, 0.25) is 0 Å². The molecule has 6 heteroatoms. The van der Waals surface area contributed by atoms with Crippen molar-refractivity contribution in [1.29, 1.82) is 0 Å². The van der Waals surface area contributed by atoms with E-state index in [1.165, 1.54) is 0 Å². The van der Waals surface area contributed by atoms with Crippen LogP contribution in [0.4, 0.5) is 4.79 Å². The maximum atomic E-state index is 11.4. The lowest BCUT2D eigenvalue weighted by Gasteiger charge is -2.14. The number of hydrogen-bond donors (Lipinski definition) is 3. The van der Waals surface area contributed by atoms with Gasteiger partial charge in [0, 0.05) is 13.2 Å². The van der Waals surface area contributed by atoms with Gasteiger partial charge in [-0.05, 0) is 12.8 Å². The van der Waals surface area contributed by atoms with Gasteiger partial charge in [-0.1, -0.05) is 26.7 Å². The van der Waals surface area contributed by atoms with E-state index in [9.17, 15) is 9.59 Å². The number of nitrogens with one attached hydrogen (secondary N) is 2. The Morgan fingerprint density at radius 1 is 1.22 bits per heavy atom. The van der Waals surface area contributed by atoms with Crippen LogP contribution in [0.15, 0.2) is 0 Å². The quantitative estimate of drug-likeness (QED) is 0.517. The molecule has 0 aromatic heterocycles. The Balaban J connectivity index is 3.65. The number of carbonyl (C=O) groups excluding carboxylic acids is 1. The van der Waals surface area contributed by atoms with E-state index in [4.69, 9.17) is 9.84 Å². The predicted octanol–water partition coefficient (Wildman–Crippen LogP) is 1.36. The zero-order valence-corrected chi connectivity index (χ0v) is 11.2. The number of carbonyl (C=O) groups is 2. The molecule has 0 aliphatic rings. The normalized spacial score (nSPS) is 11.9. The summed E-state index contributed by atoms with van der Waals surface area (Å²) in [4.78, 5) is 22.2. The number of hydrogen-bond acceptors (Lipinski definition) is 3. The maximum Gasteiger partial charge on any atom is 0.326 e. The first kappa shape index (κ1) is 16.7. The second-order valence-corrected chi connectivity index (χ2v) is 4.05. The first-order chi connectivity index (χ1) is 8.61. The molecular weight excluding hydrogens is 236 g/mol. The Morgan fingerprint density at radius 2 is 1.94 bits per heavy atom. The Hall–Kier alpha value is -1.30. The summed E-state index contributed by atoms with van der Waals surface area (Å²) in [5.74, 6) is -1.01. The van der Waals surface area contributed by atoms with Gasteiger partial charge in [0.15, 0.2) is 0 Å². The highest BCUT2D eigenvalue weighted by atomic mass is 16.5. The monoisotopic (exact) mass is 260 g/mol. The molecular formula is C12H24N2O4. The van der Waals surface area contributed by atoms with Gasteiger partial charge in [-0.15, -0.1) is 0 Å². The minimum Gasteiger partial charge on any atom is -0.480 e. The molecule has 0 spiro atoms. The van der Waals surface area contributed by atoms with Crippen molar-refractivity contribution in [2.75, 3.05) is 19.8 Å². The fourth-order valence-corrected chi connectivity index (χ4v) is 1.34. The summed E-state index contributed by atoms with van der Waals surface area (Å²) in [6.07, 6.45) is 3.21. The lowest BCUT2D eigenvalue weighted by atomic mass is 10.2. The van der Waals surface area contributed by atoms with Crippen LogP contribution in [0, 0.1) is 0 Å². The van der Waals surface area contributed by atoms with Crippen LogP contribution in [0.2, 0.25) is 0 Å². The summed E-state index contributed by atoms with van der Waals surface area (Å²) in [5.41, 5.74) is 0. The Labute approximate surface area is 108 Å². The van der Waals surface area contributed by atoms with Crippen LogP contribution >= 0.6 is 0 Å². The van der Waals surface area contributed by atoms with Gasteiger partial charge in [0.1, 0.15) is 6.04 Å². The molecule has 0 bridgehead atoms. The van der Waals surface area contributed by atoms with Crippen molar-refractivity contribution < 1.29 is 19.4 Å². The van der Waals surface area contributed by atoms with E-state index in [0.717, 1.165) is 12.8 Å². The smallest absolute Gasteiger partial charge is 0.326 e. The Bertz CT molecular complexity index is 246. The number of carboxylic acid groups (broad SMARTS) is 1. The van der Waals surface area contributed by atoms with Gasteiger partial charge in [-0.3, -0.25) is 0 Å². The number of aliphatic carboxylic acids is 1. The molecule has 0 aromatic rings. The van der Waals surface area contributed by atoms with Crippen molar-refractivity contribution >= 4 is 12.0 Å². The largest absolute Gasteiger partial charge is 0.480 e. The minimum atomic E-state index is -1.01. The van der Waals surface area contributed by atoms with Crippen LogP contribution < -0.4 is 10.6 Å². The van der Waals surface area contributed by atoms with E-state index in [1.54, 1.807) is 0 Å². The van der Waals surface area contributed by atoms with Crippen molar-refractivity contribution in [1.82, 2.24) is 10.6 Å².